The lowest BCUT2D eigenvalue weighted by Gasteiger charge is -2.49. The van der Waals surface area contributed by atoms with Gasteiger partial charge in [-0.25, -0.2) is 9.29 Å². The smallest absolute Gasteiger partial charge is 0.416 e. The van der Waals surface area contributed by atoms with E-state index in [1.165, 1.54) is 0 Å². The number of hydrogen-bond donors (Lipinski definition) is 2. The number of alkyl halides is 3. The van der Waals surface area contributed by atoms with Gasteiger partial charge in [0, 0.05) is 23.7 Å². The molecule has 2 N–H and O–H groups in total. The third-order valence-electron chi connectivity index (χ3n) is 9.41. The zero-order valence-electron chi connectivity index (χ0n) is 27.9. The molecular weight excluding hydrogens is 614 g/mol. The molecule has 1 amide bonds. The molecule has 7 nitrogen and oxygen atoms in total. The van der Waals surface area contributed by atoms with Crippen LogP contribution in [-0.4, -0.2) is 53.1 Å². The Morgan fingerprint density at radius 3 is 2.32 bits per heavy atom. The second-order valence-corrected chi connectivity index (χ2v) is 14.4. The molecule has 2 aliphatic rings. The van der Waals surface area contributed by atoms with Crippen LogP contribution in [-0.2, 0) is 15.7 Å². The van der Waals surface area contributed by atoms with E-state index in [1.807, 2.05) is 12.1 Å². The van der Waals surface area contributed by atoms with E-state index in [9.17, 15) is 27.2 Å². The van der Waals surface area contributed by atoms with Gasteiger partial charge in [-0.15, -0.1) is 0 Å². The molecule has 0 bridgehead atoms. The number of ether oxygens (including phenoxy) is 1. The molecule has 1 atom stereocenters. The van der Waals surface area contributed by atoms with Crippen LogP contribution < -0.4 is 5.32 Å². The van der Waals surface area contributed by atoms with Crippen molar-refractivity contribution in [3.05, 3.63) is 70.5 Å². The monoisotopic (exact) mass is 661 g/mol. The van der Waals surface area contributed by atoms with Gasteiger partial charge in [-0.05, 0) is 91.7 Å². The van der Waals surface area contributed by atoms with Crippen molar-refractivity contribution in [2.24, 2.45) is 22.2 Å². The van der Waals surface area contributed by atoms with E-state index in [-0.39, 0.29) is 49.2 Å². The number of halogens is 4. The van der Waals surface area contributed by atoms with Crippen LogP contribution in [0.1, 0.15) is 113 Å². The van der Waals surface area contributed by atoms with Gasteiger partial charge >= 0.3 is 12.1 Å². The maximum Gasteiger partial charge on any atom is 0.416 e. The van der Waals surface area contributed by atoms with Crippen molar-refractivity contribution in [1.82, 2.24) is 10.2 Å². The van der Waals surface area contributed by atoms with Gasteiger partial charge in [0.1, 0.15) is 18.2 Å². The Morgan fingerprint density at radius 1 is 1.09 bits per heavy atom. The fourth-order valence-corrected chi connectivity index (χ4v) is 6.64. The quantitative estimate of drug-likeness (QED) is 0.250. The summed E-state index contributed by atoms with van der Waals surface area (Å²) in [7, 11) is 0. The molecule has 2 aromatic carbocycles. The van der Waals surface area contributed by atoms with E-state index in [0.717, 1.165) is 43.4 Å². The number of carboxylic acids is 1. The molecule has 2 aromatic rings. The summed E-state index contributed by atoms with van der Waals surface area (Å²) in [5, 5.41) is 11.5. The SMILES string of the molecule is CC(C)C1CCC2(CC1)N=C(c1cc(F)cc(C(F)(F)F)c1)COCN2C(CCC(C)(C)C)c1ccc(C(=O)NCCC(=O)O)cc1. The largest absolute Gasteiger partial charge is 0.481 e. The zero-order valence-corrected chi connectivity index (χ0v) is 27.9. The molecule has 1 aliphatic carbocycles. The topological polar surface area (TPSA) is 91.2 Å². The average Bonchev–Trinajstić information content (AvgIpc) is 3.16. The second kappa shape index (κ2) is 14.8. The zero-order chi connectivity index (χ0) is 34.6. The first-order valence-electron chi connectivity index (χ1n) is 16.4. The maximum absolute atomic E-state index is 14.6. The predicted octanol–water partition coefficient (Wildman–Crippen LogP) is 8.24. The highest BCUT2D eigenvalue weighted by atomic mass is 19.4. The van der Waals surface area contributed by atoms with Crippen molar-refractivity contribution in [3.8, 4) is 0 Å². The molecule has 1 spiro atoms. The lowest BCUT2D eigenvalue weighted by molar-refractivity contribution is -0.138. The van der Waals surface area contributed by atoms with Gasteiger partial charge in [0.2, 0.25) is 0 Å². The summed E-state index contributed by atoms with van der Waals surface area (Å²) in [6, 6.07) is 9.57. The van der Waals surface area contributed by atoms with E-state index < -0.39 is 29.2 Å². The van der Waals surface area contributed by atoms with Gasteiger partial charge in [-0.3, -0.25) is 14.6 Å². The van der Waals surface area contributed by atoms with Crippen LogP contribution >= 0.6 is 0 Å². The second-order valence-electron chi connectivity index (χ2n) is 14.4. The van der Waals surface area contributed by atoms with Crippen molar-refractivity contribution in [1.29, 1.82) is 0 Å². The first kappa shape index (κ1) is 36.5. The molecule has 11 heteroatoms. The summed E-state index contributed by atoms with van der Waals surface area (Å²) in [5.41, 5.74) is -0.158. The van der Waals surface area contributed by atoms with Crippen molar-refractivity contribution in [2.75, 3.05) is 19.9 Å². The summed E-state index contributed by atoms with van der Waals surface area (Å²) in [6.45, 7) is 11.0. The number of carbonyl (C=O) groups is 2. The molecule has 1 unspecified atom stereocenters. The lowest BCUT2D eigenvalue weighted by atomic mass is 9.75. The molecule has 258 valence electrons. The van der Waals surface area contributed by atoms with Gasteiger partial charge in [0.25, 0.3) is 5.91 Å². The summed E-state index contributed by atoms with van der Waals surface area (Å²) in [6.07, 6.45) is -0.212. The van der Waals surface area contributed by atoms with Gasteiger partial charge in [-0.2, -0.15) is 13.2 Å². The number of nitrogens with one attached hydrogen (secondary N) is 1. The van der Waals surface area contributed by atoms with Crippen molar-refractivity contribution < 1.29 is 37.0 Å². The van der Waals surface area contributed by atoms with Crippen LogP contribution in [0.4, 0.5) is 17.6 Å². The number of carboxylic acid groups (broad SMARTS) is 1. The molecule has 0 aromatic heterocycles. The van der Waals surface area contributed by atoms with Gasteiger partial charge in [0.05, 0.1) is 24.3 Å². The number of benzene rings is 2. The first-order valence-corrected chi connectivity index (χ1v) is 16.4. The number of amides is 1. The molecule has 1 saturated carbocycles. The van der Waals surface area contributed by atoms with Gasteiger partial charge in [0.15, 0.2) is 0 Å². The fraction of sp³-hybridized carbons (Fsp3) is 0.583. The van der Waals surface area contributed by atoms with Crippen LogP contribution in [0.25, 0.3) is 0 Å². The minimum Gasteiger partial charge on any atom is -0.481 e. The van der Waals surface area contributed by atoms with Crippen LogP contribution in [0.3, 0.4) is 0 Å². The maximum atomic E-state index is 14.6. The molecule has 1 aliphatic heterocycles. The minimum atomic E-state index is -4.71. The predicted molar refractivity (Wildman–Crippen MR) is 173 cm³/mol. The van der Waals surface area contributed by atoms with Crippen molar-refractivity contribution in [3.63, 3.8) is 0 Å². The number of aliphatic carboxylic acids is 1. The van der Waals surface area contributed by atoms with Gasteiger partial charge < -0.3 is 15.2 Å². The molecule has 0 radical (unpaired) electrons. The van der Waals surface area contributed by atoms with E-state index in [1.54, 1.807) is 12.1 Å². The summed E-state index contributed by atoms with van der Waals surface area (Å²) >= 11 is 0. The van der Waals surface area contributed by atoms with Crippen LogP contribution in [0, 0.1) is 23.1 Å². The highest BCUT2D eigenvalue weighted by Gasteiger charge is 2.46. The lowest BCUT2D eigenvalue weighted by Crippen LogP contribution is -2.52. The van der Waals surface area contributed by atoms with E-state index in [0.29, 0.717) is 42.0 Å². The Morgan fingerprint density at radius 2 is 1.74 bits per heavy atom. The Labute approximate surface area is 274 Å². The number of carbonyl (C=O) groups excluding carboxylic acids is 1. The fourth-order valence-electron chi connectivity index (χ4n) is 6.64. The molecule has 4 rings (SSSR count). The van der Waals surface area contributed by atoms with Crippen molar-refractivity contribution >= 4 is 17.6 Å². The van der Waals surface area contributed by atoms with Crippen molar-refractivity contribution in [2.45, 2.75) is 97.4 Å². The number of aliphatic imine (C=N–C) groups is 1. The number of nitrogens with zero attached hydrogens (tertiary/aromatic N) is 2. The van der Waals surface area contributed by atoms with Gasteiger partial charge in [-0.1, -0.05) is 46.8 Å². The molecule has 47 heavy (non-hydrogen) atoms. The normalized spacial score (nSPS) is 21.7. The highest BCUT2D eigenvalue weighted by Crippen LogP contribution is 2.46. The Bertz CT molecular complexity index is 1430. The number of hydrogen-bond acceptors (Lipinski definition) is 5. The Balaban J connectivity index is 1.76. The minimum absolute atomic E-state index is 0.00137. The third kappa shape index (κ3) is 9.63. The highest BCUT2D eigenvalue weighted by molar-refractivity contribution is 6.02. The molecule has 1 fully saturated rings. The van der Waals surface area contributed by atoms with Crippen LogP contribution in [0.5, 0.6) is 0 Å². The third-order valence-corrected chi connectivity index (χ3v) is 9.41. The Kier molecular flexibility index (Phi) is 11.5. The van der Waals surface area contributed by atoms with E-state index in [4.69, 9.17) is 14.8 Å². The van der Waals surface area contributed by atoms with E-state index in [2.05, 4.69) is 44.8 Å². The molecule has 1 heterocycles. The Hall–Kier alpha value is -3.31. The average molecular weight is 662 g/mol. The summed E-state index contributed by atoms with van der Waals surface area (Å²) in [5.74, 6) is -1.40. The number of rotatable bonds is 10. The first-order chi connectivity index (χ1) is 22.0. The molecule has 0 saturated heterocycles. The van der Waals surface area contributed by atoms with Crippen LogP contribution in [0.2, 0.25) is 0 Å². The standard InChI is InChI=1S/C36H47F4N3O4/c1-23(2)24-10-15-35(16-11-24)42-30(27-18-28(36(38,39)40)20-29(37)19-27)21-47-22-43(35)31(12-14-34(3,4)5)25-6-8-26(9-7-25)33(46)41-17-13-32(44)45/h6-9,18-20,23-24,31H,10-17,21-22H2,1-5H3,(H,41,46)(H,44,45). The molecular formula is C36H47F4N3O4. The summed E-state index contributed by atoms with van der Waals surface area (Å²) in [4.78, 5) is 31.0. The van der Waals surface area contributed by atoms with E-state index >= 15 is 0 Å². The summed E-state index contributed by atoms with van der Waals surface area (Å²) < 4.78 is 61.8. The van der Waals surface area contributed by atoms with Crippen LogP contribution in [0.15, 0.2) is 47.5 Å².